The molecular weight excluding hydrogens is 416 g/mol. The first-order valence-corrected chi connectivity index (χ1v) is 12.0. The molecule has 1 N–H and O–H groups in total. The van der Waals surface area contributed by atoms with Crippen LogP contribution in [0.5, 0.6) is 0 Å². The van der Waals surface area contributed by atoms with Gasteiger partial charge >= 0.3 is 0 Å². The molecule has 0 aliphatic carbocycles. The lowest BCUT2D eigenvalue weighted by molar-refractivity contribution is -0.128. The van der Waals surface area contributed by atoms with Crippen molar-refractivity contribution in [2.75, 3.05) is 5.75 Å². The molecule has 164 valence electrons. The number of nitrogens with one attached hydrogen (secondary N) is 1. The number of carbonyl (C=O) groups is 2. The highest BCUT2D eigenvalue weighted by Gasteiger charge is 2.32. The van der Waals surface area contributed by atoms with Crippen LogP contribution in [0.15, 0.2) is 78.9 Å². The van der Waals surface area contributed by atoms with Gasteiger partial charge in [-0.25, -0.2) is 0 Å². The summed E-state index contributed by atoms with van der Waals surface area (Å²) in [5.74, 6) is 0.530. The summed E-state index contributed by atoms with van der Waals surface area (Å²) < 4.78 is 0. The van der Waals surface area contributed by atoms with E-state index in [-0.39, 0.29) is 23.2 Å². The van der Waals surface area contributed by atoms with Crippen LogP contribution >= 0.6 is 11.8 Å². The van der Waals surface area contributed by atoms with Crippen LogP contribution < -0.4 is 5.32 Å². The third-order valence-corrected chi connectivity index (χ3v) is 7.11. The molecule has 32 heavy (non-hydrogen) atoms. The Labute approximate surface area is 194 Å². The molecule has 2 amide bonds. The van der Waals surface area contributed by atoms with Gasteiger partial charge in [0.1, 0.15) is 5.37 Å². The van der Waals surface area contributed by atoms with Gasteiger partial charge in [0.25, 0.3) is 5.91 Å². The first kappa shape index (κ1) is 22.2. The Kier molecular flexibility index (Phi) is 6.96. The minimum Gasteiger partial charge on any atom is -0.346 e. The molecule has 1 heterocycles. The number of aryl methyl sites for hydroxylation is 1. The van der Waals surface area contributed by atoms with E-state index in [9.17, 15) is 9.59 Å². The Balaban J connectivity index is 1.42. The number of hydrogen-bond donors (Lipinski definition) is 1. The molecule has 3 aromatic rings. The highest BCUT2D eigenvalue weighted by molar-refractivity contribution is 8.00. The minimum absolute atomic E-state index is 0.0316. The van der Waals surface area contributed by atoms with E-state index >= 15 is 0 Å². The zero-order chi connectivity index (χ0) is 22.5. The molecule has 1 aliphatic rings. The minimum atomic E-state index is -0.0973. The van der Waals surface area contributed by atoms with E-state index in [4.69, 9.17) is 0 Å². The summed E-state index contributed by atoms with van der Waals surface area (Å²) in [6, 6.07) is 25.9. The molecule has 2 atom stereocenters. The Morgan fingerprint density at radius 3 is 2.34 bits per heavy atom. The van der Waals surface area contributed by atoms with Crippen molar-refractivity contribution in [3.05, 3.63) is 107 Å². The molecule has 0 aromatic heterocycles. The maximum absolute atomic E-state index is 12.8. The summed E-state index contributed by atoms with van der Waals surface area (Å²) in [5.41, 5.74) is 5.15. The quantitative estimate of drug-likeness (QED) is 0.522. The van der Waals surface area contributed by atoms with Gasteiger partial charge in [0.2, 0.25) is 5.91 Å². The van der Waals surface area contributed by atoms with Crippen molar-refractivity contribution in [3.8, 4) is 0 Å². The maximum Gasteiger partial charge on any atom is 0.251 e. The third kappa shape index (κ3) is 5.05. The van der Waals surface area contributed by atoms with E-state index in [2.05, 4.69) is 36.5 Å². The van der Waals surface area contributed by atoms with Gasteiger partial charge in [-0.3, -0.25) is 9.59 Å². The predicted octanol–water partition coefficient (Wildman–Crippen LogP) is 5.51. The molecule has 0 radical (unpaired) electrons. The van der Waals surface area contributed by atoms with E-state index in [1.54, 1.807) is 11.8 Å². The van der Waals surface area contributed by atoms with Crippen LogP contribution in [0.3, 0.4) is 0 Å². The Hall–Kier alpha value is -3.05. The molecule has 0 bridgehead atoms. The molecule has 4 nitrogen and oxygen atoms in total. The largest absolute Gasteiger partial charge is 0.346 e. The lowest BCUT2D eigenvalue weighted by atomic mass is 10.0. The van der Waals surface area contributed by atoms with Crippen molar-refractivity contribution in [1.29, 1.82) is 0 Å². The number of carbonyl (C=O) groups excluding carboxylic acids is 2. The second-order valence-corrected chi connectivity index (χ2v) is 9.15. The number of hydrogen-bond acceptors (Lipinski definition) is 3. The smallest absolute Gasteiger partial charge is 0.251 e. The fourth-order valence-electron chi connectivity index (χ4n) is 3.89. The van der Waals surface area contributed by atoms with Crippen molar-refractivity contribution in [3.63, 3.8) is 0 Å². The predicted molar refractivity (Wildman–Crippen MR) is 130 cm³/mol. The Bertz CT molecular complexity index is 1070. The van der Waals surface area contributed by atoms with Crippen molar-refractivity contribution in [2.45, 2.75) is 38.2 Å². The monoisotopic (exact) mass is 444 g/mol. The second kappa shape index (κ2) is 10.0. The van der Waals surface area contributed by atoms with Crippen molar-refractivity contribution < 1.29 is 9.59 Å². The number of thioether (sulfide) groups is 1. The molecule has 1 fully saturated rings. The van der Waals surface area contributed by atoms with Gasteiger partial charge in [0, 0.05) is 12.1 Å². The zero-order valence-corrected chi connectivity index (χ0v) is 19.3. The first-order chi connectivity index (χ1) is 15.5. The normalized spacial score (nSPS) is 16.8. The fraction of sp³-hybridized carbons (Fsp3) is 0.259. The van der Waals surface area contributed by atoms with Crippen LogP contribution in [0.1, 0.15) is 57.9 Å². The first-order valence-electron chi connectivity index (χ1n) is 11.0. The Morgan fingerprint density at radius 1 is 1.00 bits per heavy atom. The lowest BCUT2D eigenvalue weighted by Gasteiger charge is -2.24. The van der Waals surface area contributed by atoms with Crippen LogP contribution in [0.25, 0.3) is 0 Å². The Morgan fingerprint density at radius 2 is 1.69 bits per heavy atom. The highest BCUT2D eigenvalue weighted by Crippen LogP contribution is 2.39. The summed E-state index contributed by atoms with van der Waals surface area (Å²) in [6.45, 7) is 4.72. The topological polar surface area (TPSA) is 49.4 Å². The molecule has 1 saturated heterocycles. The second-order valence-electron chi connectivity index (χ2n) is 8.08. The summed E-state index contributed by atoms with van der Waals surface area (Å²) in [7, 11) is 0. The van der Waals surface area contributed by atoms with Crippen LogP contribution in [0.4, 0.5) is 0 Å². The van der Waals surface area contributed by atoms with E-state index in [0.29, 0.717) is 17.9 Å². The molecule has 0 saturated carbocycles. The maximum atomic E-state index is 12.8. The number of amides is 2. The summed E-state index contributed by atoms with van der Waals surface area (Å²) in [5, 5.41) is 3.05. The van der Waals surface area contributed by atoms with Crippen LogP contribution in [0.2, 0.25) is 0 Å². The standard InChI is InChI=1S/C27H28N2O2S/c1-3-20-9-11-22(12-10-20)19(2)28-26(31)23-13-15-24(16-14-23)27-29(25(30)18-32-27)17-21-7-5-4-6-8-21/h4-16,19,27H,3,17-18H2,1-2H3,(H,28,31)/t19-,27-/m1/s1. The molecule has 1 aliphatic heterocycles. The van der Waals surface area contributed by atoms with Crippen LogP contribution in [-0.4, -0.2) is 22.5 Å². The lowest BCUT2D eigenvalue weighted by Crippen LogP contribution is -2.28. The van der Waals surface area contributed by atoms with Gasteiger partial charge in [0.15, 0.2) is 0 Å². The van der Waals surface area contributed by atoms with Gasteiger partial charge in [-0.05, 0) is 47.7 Å². The molecule has 4 rings (SSSR count). The van der Waals surface area contributed by atoms with Crippen LogP contribution in [0, 0.1) is 0 Å². The average molecular weight is 445 g/mol. The van der Waals surface area contributed by atoms with Gasteiger partial charge in [-0.2, -0.15) is 0 Å². The van der Waals surface area contributed by atoms with E-state index in [1.807, 2.05) is 66.4 Å². The average Bonchev–Trinajstić information content (AvgIpc) is 3.19. The van der Waals surface area contributed by atoms with Crippen molar-refractivity contribution >= 4 is 23.6 Å². The summed E-state index contributed by atoms with van der Waals surface area (Å²) in [6.07, 6.45) is 1.00. The van der Waals surface area contributed by atoms with Gasteiger partial charge in [-0.15, -0.1) is 11.8 Å². The van der Waals surface area contributed by atoms with Gasteiger partial charge in [-0.1, -0.05) is 73.7 Å². The van der Waals surface area contributed by atoms with Crippen molar-refractivity contribution in [1.82, 2.24) is 10.2 Å². The van der Waals surface area contributed by atoms with E-state index in [1.165, 1.54) is 5.56 Å². The summed E-state index contributed by atoms with van der Waals surface area (Å²) >= 11 is 1.63. The number of rotatable bonds is 7. The van der Waals surface area contributed by atoms with Gasteiger partial charge in [0.05, 0.1) is 11.8 Å². The summed E-state index contributed by atoms with van der Waals surface area (Å²) in [4.78, 5) is 27.1. The highest BCUT2D eigenvalue weighted by atomic mass is 32.2. The molecule has 0 unspecified atom stereocenters. The SMILES string of the molecule is CCc1ccc([C@@H](C)NC(=O)c2ccc([C@H]3SCC(=O)N3Cc3ccccc3)cc2)cc1. The third-order valence-electron chi connectivity index (χ3n) is 5.86. The molecule has 5 heteroatoms. The fourth-order valence-corrected chi connectivity index (χ4v) is 5.07. The van der Waals surface area contributed by atoms with E-state index in [0.717, 1.165) is 23.1 Å². The zero-order valence-electron chi connectivity index (χ0n) is 18.5. The van der Waals surface area contributed by atoms with Gasteiger partial charge < -0.3 is 10.2 Å². The number of benzene rings is 3. The molecular formula is C27H28N2O2S. The van der Waals surface area contributed by atoms with Crippen molar-refractivity contribution in [2.24, 2.45) is 0 Å². The molecule has 0 spiro atoms. The van der Waals surface area contributed by atoms with E-state index < -0.39 is 0 Å². The van der Waals surface area contributed by atoms with Crippen LogP contribution in [-0.2, 0) is 17.8 Å². The molecule has 3 aromatic carbocycles. The number of nitrogens with zero attached hydrogens (tertiary/aromatic N) is 1.